The minimum Gasteiger partial charge on any atom is -0.373 e. The molecule has 0 bridgehead atoms. The number of nitrogens with one attached hydrogen (secondary N) is 1. The number of para-hydroxylation sites is 1. The number of benzene rings is 2. The van der Waals surface area contributed by atoms with Gasteiger partial charge in [-0.1, -0.05) is 18.2 Å². The molecule has 0 saturated carbocycles. The Balaban J connectivity index is 1.53. The van der Waals surface area contributed by atoms with Gasteiger partial charge in [0.05, 0.1) is 10.5 Å². The number of piperidine rings is 1. The molecule has 0 aliphatic carbocycles. The van der Waals surface area contributed by atoms with E-state index < -0.39 is 22.4 Å². The lowest BCUT2D eigenvalue weighted by Gasteiger charge is -2.33. The van der Waals surface area contributed by atoms with Crippen LogP contribution < -0.4 is 15.1 Å². The fourth-order valence-electron chi connectivity index (χ4n) is 3.80. The Hall–Kier alpha value is -3.30. The van der Waals surface area contributed by atoms with E-state index in [9.17, 15) is 28.1 Å². The van der Waals surface area contributed by atoms with Gasteiger partial charge >= 0.3 is 6.18 Å². The molecule has 0 radical (unpaired) electrons. The predicted molar refractivity (Wildman–Crippen MR) is 116 cm³/mol. The molecule has 2 aromatic carbocycles. The van der Waals surface area contributed by atoms with E-state index in [1.54, 1.807) is 4.90 Å². The van der Waals surface area contributed by atoms with Gasteiger partial charge in [-0.3, -0.25) is 14.9 Å². The number of hydrogen-bond acceptors (Lipinski definition) is 5. The molecule has 1 fully saturated rings. The minimum atomic E-state index is -4.65. The first-order chi connectivity index (χ1) is 15.2. The highest BCUT2D eigenvalue weighted by atomic mass is 19.4. The zero-order valence-electron chi connectivity index (χ0n) is 17.6. The van der Waals surface area contributed by atoms with E-state index in [4.69, 9.17) is 0 Å². The molecule has 32 heavy (non-hydrogen) atoms. The Morgan fingerprint density at radius 2 is 1.84 bits per heavy atom. The number of carbonyl (C=O) groups excluding carboxylic acids is 1. The number of amides is 1. The maximum Gasteiger partial charge on any atom is 0.416 e. The third kappa shape index (κ3) is 5.68. The lowest BCUT2D eigenvalue weighted by molar-refractivity contribution is -0.384. The predicted octanol–water partition coefficient (Wildman–Crippen LogP) is 4.08. The minimum absolute atomic E-state index is 0.0759. The number of rotatable bonds is 7. The average Bonchev–Trinajstić information content (AvgIpc) is 2.78. The van der Waals surface area contributed by atoms with Gasteiger partial charge in [-0.05, 0) is 37.1 Å². The van der Waals surface area contributed by atoms with Crippen molar-refractivity contribution in [3.8, 4) is 0 Å². The molecule has 0 unspecified atom stereocenters. The van der Waals surface area contributed by atoms with Crippen molar-refractivity contribution in [3.05, 3.63) is 64.2 Å². The van der Waals surface area contributed by atoms with Crippen molar-refractivity contribution in [2.45, 2.75) is 19.0 Å². The van der Waals surface area contributed by atoms with Crippen LogP contribution in [0.3, 0.4) is 0 Å². The summed E-state index contributed by atoms with van der Waals surface area (Å²) in [6.45, 7) is 1.84. The number of hydrogen-bond donors (Lipinski definition) is 1. The van der Waals surface area contributed by atoms with Gasteiger partial charge in [0, 0.05) is 50.9 Å². The van der Waals surface area contributed by atoms with E-state index in [0.717, 1.165) is 17.8 Å². The highest BCUT2D eigenvalue weighted by molar-refractivity contribution is 5.79. The number of nitro groups is 1. The molecule has 2 aromatic rings. The Morgan fingerprint density at radius 3 is 2.44 bits per heavy atom. The summed E-state index contributed by atoms with van der Waals surface area (Å²) in [6, 6.07) is 12.3. The molecule has 10 heteroatoms. The summed E-state index contributed by atoms with van der Waals surface area (Å²) in [5.74, 6) is -0.310. The first-order valence-electron chi connectivity index (χ1n) is 10.3. The summed E-state index contributed by atoms with van der Waals surface area (Å²) in [4.78, 5) is 26.8. The van der Waals surface area contributed by atoms with Gasteiger partial charge in [0.2, 0.25) is 5.91 Å². The summed E-state index contributed by atoms with van der Waals surface area (Å²) >= 11 is 0. The van der Waals surface area contributed by atoms with E-state index >= 15 is 0 Å². The highest BCUT2D eigenvalue weighted by Gasteiger charge is 2.34. The van der Waals surface area contributed by atoms with Crippen molar-refractivity contribution in [1.82, 2.24) is 5.32 Å². The van der Waals surface area contributed by atoms with Crippen molar-refractivity contribution < 1.29 is 22.9 Å². The van der Waals surface area contributed by atoms with Gasteiger partial charge in [0.15, 0.2) is 0 Å². The van der Waals surface area contributed by atoms with Crippen LogP contribution in [0.4, 0.5) is 30.2 Å². The molecule has 1 N–H and O–H groups in total. The standard InChI is InChI=1S/C22H25F3N4O3/c1-27(18-5-3-2-4-6-18)14-11-26-21(30)16-9-12-28(13-10-16)19-8-7-17(22(23,24)25)15-20(19)29(31)32/h2-8,15-16H,9-14H2,1H3,(H,26,30). The average molecular weight is 450 g/mol. The van der Waals surface area contributed by atoms with Crippen molar-refractivity contribution >= 4 is 23.0 Å². The van der Waals surface area contributed by atoms with Crippen LogP contribution >= 0.6 is 0 Å². The summed E-state index contributed by atoms with van der Waals surface area (Å²) < 4.78 is 38.7. The molecule has 3 rings (SSSR count). The molecular weight excluding hydrogens is 425 g/mol. The number of likely N-dealkylation sites (N-methyl/N-ethyl adjacent to an activating group) is 1. The quantitative estimate of drug-likeness (QED) is 0.508. The molecule has 1 amide bonds. The number of anilines is 2. The first-order valence-corrected chi connectivity index (χ1v) is 10.3. The van der Waals surface area contributed by atoms with Gasteiger partial charge in [0.25, 0.3) is 5.69 Å². The number of alkyl halides is 3. The summed E-state index contributed by atoms with van der Waals surface area (Å²) in [6.07, 6.45) is -3.71. The molecule has 1 saturated heterocycles. The molecule has 1 aliphatic rings. The van der Waals surface area contributed by atoms with E-state index in [0.29, 0.717) is 45.1 Å². The second-order valence-corrected chi connectivity index (χ2v) is 7.77. The van der Waals surface area contributed by atoms with E-state index in [1.807, 2.05) is 42.3 Å². The third-order valence-electron chi connectivity index (χ3n) is 5.65. The van der Waals surface area contributed by atoms with Crippen LogP contribution in [0.5, 0.6) is 0 Å². The molecule has 0 spiro atoms. The Labute approximate surface area is 184 Å². The number of carbonyl (C=O) groups is 1. The Morgan fingerprint density at radius 1 is 1.19 bits per heavy atom. The molecule has 0 aromatic heterocycles. The lowest BCUT2D eigenvalue weighted by atomic mass is 9.95. The smallest absolute Gasteiger partial charge is 0.373 e. The second kappa shape index (κ2) is 9.88. The second-order valence-electron chi connectivity index (χ2n) is 7.77. The van der Waals surface area contributed by atoms with Crippen molar-refractivity contribution in [3.63, 3.8) is 0 Å². The SMILES string of the molecule is CN(CCNC(=O)C1CCN(c2ccc(C(F)(F)F)cc2[N+](=O)[O-])CC1)c1ccccc1. The lowest BCUT2D eigenvalue weighted by Crippen LogP contribution is -2.42. The summed E-state index contributed by atoms with van der Waals surface area (Å²) in [7, 11) is 1.94. The van der Waals surface area contributed by atoms with Crippen LogP contribution in [-0.4, -0.2) is 44.1 Å². The monoisotopic (exact) mass is 450 g/mol. The van der Waals surface area contributed by atoms with Crippen molar-refractivity contribution in [2.75, 3.05) is 43.0 Å². The zero-order valence-corrected chi connectivity index (χ0v) is 17.6. The number of nitrogens with zero attached hydrogens (tertiary/aromatic N) is 3. The van der Waals surface area contributed by atoms with E-state index in [2.05, 4.69) is 5.32 Å². The van der Waals surface area contributed by atoms with E-state index in [-0.39, 0.29) is 17.5 Å². The number of halogens is 3. The molecule has 1 heterocycles. The van der Waals surface area contributed by atoms with Crippen LogP contribution in [0.1, 0.15) is 18.4 Å². The topological polar surface area (TPSA) is 78.7 Å². The van der Waals surface area contributed by atoms with Gasteiger partial charge in [-0.2, -0.15) is 13.2 Å². The van der Waals surface area contributed by atoms with E-state index in [1.165, 1.54) is 0 Å². The molecular formula is C22H25F3N4O3. The van der Waals surface area contributed by atoms with Gasteiger partial charge in [0.1, 0.15) is 5.69 Å². The molecule has 0 atom stereocenters. The highest BCUT2D eigenvalue weighted by Crippen LogP contribution is 2.37. The van der Waals surface area contributed by atoms with Crippen LogP contribution in [0.15, 0.2) is 48.5 Å². The first kappa shape index (κ1) is 23.4. The van der Waals surface area contributed by atoms with Gasteiger partial charge in [-0.25, -0.2) is 0 Å². The maximum atomic E-state index is 12.9. The Bertz CT molecular complexity index is 945. The number of nitro benzene ring substituents is 1. The zero-order chi connectivity index (χ0) is 23.3. The molecule has 172 valence electrons. The van der Waals surface area contributed by atoms with Crippen LogP contribution in [0.2, 0.25) is 0 Å². The molecule has 7 nitrogen and oxygen atoms in total. The van der Waals surface area contributed by atoms with Gasteiger partial charge < -0.3 is 15.1 Å². The summed E-state index contributed by atoms with van der Waals surface area (Å²) in [5, 5.41) is 14.3. The fraction of sp³-hybridized carbons (Fsp3) is 0.409. The van der Waals surface area contributed by atoms with Crippen molar-refractivity contribution in [2.24, 2.45) is 5.92 Å². The van der Waals surface area contributed by atoms with Crippen LogP contribution in [0.25, 0.3) is 0 Å². The van der Waals surface area contributed by atoms with Crippen LogP contribution in [-0.2, 0) is 11.0 Å². The normalized spacial score (nSPS) is 14.8. The largest absolute Gasteiger partial charge is 0.416 e. The maximum absolute atomic E-state index is 12.9. The van der Waals surface area contributed by atoms with Gasteiger partial charge in [-0.15, -0.1) is 0 Å². The summed E-state index contributed by atoms with van der Waals surface area (Å²) in [5.41, 5.74) is -0.436. The van der Waals surface area contributed by atoms with Crippen LogP contribution in [0, 0.1) is 16.0 Å². The Kier molecular flexibility index (Phi) is 7.22. The van der Waals surface area contributed by atoms with Crippen molar-refractivity contribution in [1.29, 1.82) is 0 Å². The molecule has 1 aliphatic heterocycles. The third-order valence-corrected chi connectivity index (χ3v) is 5.65. The fourth-order valence-corrected chi connectivity index (χ4v) is 3.80.